The van der Waals surface area contributed by atoms with Crippen molar-refractivity contribution in [3.8, 4) is 0 Å². The first kappa shape index (κ1) is 17.1. The first-order valence-corrected chi connectivity index (χ1v) is 7.33. The molecule has 0 aliphatic carbocycles. The molecule has 1 unspecified atom stereocenters. The van der Waals surface area contributed by atoms with Crippen LogP contribution in [0.2, 0.25) is 0 Å². The van der Waals surface area contributed by atoms with Crippen LogP contribution in [-0.4, -0.2) is 33.5 Å². The molecule has 1 rings (SSSR count). The Bertz CT molecular complexity index is 343. The molecule has 3 nitrogen and oxygen atoms in total. The summed E-state index contributed by atoms with van der Waals surface area (Å²) in [6.45, 7) is 4.86. The Morgan fingerprint density at radius 1 is 1.15 bits per heavy atom. The Morgan fingerprint density at radius 3 is 2.55 bits per heavy atom. The number of hydrogen-bond donors (Lipinski definition) is 1. The van der Waals surface area contributed by atoms with E-state index >= 15 is 0 Å². The van der Waals surface area contributed by atoms with Gasteiger partial charge >= 0.3 is 0 Å². The van der Waals surface area contributed by atoms with Gasteiger partial charge in [0.05, 0.1) is 19.8 Å². The van der Waals surface area contributed by atoms with Gasteiger partial charge in [-0.1, -0.05) is 31.9 Å². The summed E-state index contributed by atoms with van der Waals surface area (Å²) in [4.78, 5) is 0. The molecule has 4 heteroatoms. The Hall–Kier alpha value is -0.970. The number of benzene rings is 1. The summed E-state index contributed by atoms with van der Waals surface area (Å²) in [5.41, 5.74) is 1.14. The van der Waals surface area contributed by atoms with E-state index in [4.69, 9.17) is 9.47 Å². The smallest absolute Gasteiger partial charge is 0.123 e. The minimum atomic E-state index is -0.189. The summed E-state index contributed by atoms with van der Waals surface area (Å²) in [5.74, 6) is -0.189. The van der Waals surface area contributed by atoms with Crippen molar-refractivity contribution in [1.29, 1.82) is 0 Å². The standard InChI is InChI=1S/C16H26FNO2/c1-3-4-5-16(14-6-8-15(17)9-7-14)18-10-11-20-13-12-19-2/h6-9,16,18H,3-5,10-13H2,1-2H3. The first-order valence-electron chi connectivity index (χ1n) is 7.33. The van der Waals surface area contributed by atoms with Crippen LogP contribution in [0.25, 0.3) is 0 Å². The molecule has 0 aliphatic heterocycles. The maximum absolute atomic E-state index is 13.0. The van der Waals surface area contributed by atoms with Gasteiger partial charge in [0.15, 0.2) is 0 Å². The van der Waals surface area contributed by atoms with E-state index in [0.29, 0.717) is 19.8 Å². The van der Waals surface area contributed by atoms with Crippen LogP contribution in [0, 0.1) is 5.82 Å². The van der Waals surface area contributed by atoms with Gasteiger partial charge in [-0.3, -0.25) is 0 Å². The second kappa shape index (κ2) is 10.8. The minimum Gasteiger partial charge on any atom is -0.382 e. The number of nitrogens with one attached hydrogen (secondary N) is 1. The lowest BCUT2D eigenvalue weighted by atomic mass is 10.0. The van der Waals surface area contributed by atoms with Crippen molar-refractivity contribution in [1.82, 2.24) is 5.32 Å². The van der Waals surface area contributed by atoms with Crippen LogP contribution in [0.4, 0.5) is 4.39 Å². The average molecular weight is 283 g/mol. The summed E-state index contributed by atoms with van der Waals surface area (Å²) < 4.78 is 23.3. The zero-order chi connectivity index (χ0) is 14.6. The third-order valence-corrected chi connectivity index (χ3v) is 3.19. The molecule has 0 fully saturated rings. The molecule has 0 saturated carbocycles. The van der Waals surface area contributed by atoms with Gasteiger partial charge in [0, 0.05) is 19.7 Å². The maximum Gasteiger partial charge on any atom is 0.123 e. The van der Waals surface area contributed by atoms with E-state index in [0.717, 1.165) is 31.4 Å². The summed E-state index contributed by atoms with van der Waals surface area (Å²) >= 11 is 0. The van der Waals surface area contributed by atoms with Crippen LogP contribution >= 0.6 is 0 Å². The van der Waals surface area contributed by atoms with Crippen LogP contribution in [0.15, 0.2) is 24.3 Å². The van der Waals surface area contributed by atoms with Crippen LogP contribution < -0.4 is 5.32 Å². The van der Waals surface area contributed by atoms with Crippen molar-refractivity contribution in [2.75, 3.05) is 33.5 Å². The number of ether oxygens (including phenoxy) is 2. The van der Waals surface area contributed by atoms with Gasteiger partial charge < -0.3 is 14.8 Å². The molecule has 1 aromatic rings. The van der Waals surface area contributed by atoms with Gasteiger partial charge in [-0.05, 0) is 24.1 Å². The van der Waals surface area contributed by atoms with Gasteiger partial charge in [-0.2, -0.15) is 0 Å². The highest BCUT2D eigenvalue weighted by Crippen LogP contribution is 2.19. The van der Waals surface area contributed by atoms with Gasteiger partial charge in [-0.15, -0.1) is 0 Å². The molecule has 0 radical (unpaired) electrons. The minimum absolute atomic E-state index is 0.189. The van der Waals surface area contributed by atoms with Crippen molar-refractivity contribution in [3.05, 3.63) is 35.6 Å². The van der Waals surface area contributed by atoms with Crippen LogP contribution in [0.5, 0.6) is 0 Å². The summed E-state index contributed by atoms with van der Waals surface area (Å²) in [5, 5.41) is 3.48. The molecule has 0 bridgehead atoms. The van der Waals surface area contributed by atoms with E-state index in [2.05, 4.69) is 12.2 Å². The Kier molecular flexibility index (Phi) is 9.20. The lowest BCUT2D eigenvalue weighted by Crippen LogP contribution is -2.26. The molecular weight excluding hydrogens is 257 g/mol. The van der Waals surface area contributed by atoms with E-state index in [-0.39, 0.29) is 11.9 Å². The molecule has 0 amide bonds. The number of rotatable bonds is 11. The first-order chi connectivity index (χ1) is 9.77. The number of methoxy groups -OCH3 is 1. The fourth-order valence-corrected chi connectivity index (χ4v) is 2.04. The van der Waals surface area contributed by atoms with Crippen molar-refractivity contribution in [3.63, 3.8) is 0 Å². The summed E-state index contributed by atoms with van der Waals surface area (Å²) in [7, 11) is 1.66. The molecule has 20 heavy (non-hydrogen) atoms. The Labute approximate surface area is 121 Å². The quantitative estimate of drug-likeness (QED) is 0.632. The van der Waals surface area contributed by atoms with E-state index in [1.807, 2.05) is 12.1 Å². The molecule has 1 N–H and O–H groups in total. The third-order valence-electron chi connectivity index (χ3n) is 3.19. The van der Waals surface area contributed by atoms with E-state index < -0.39 is 0 Å². The summed E-state index contributed by atoms with van der Waals surface area (Å²) in [6, 6.07) is 7.01. The topological polar surface area (TPSA) is 30.5 Å². The molecule has 1 atom stereocenters. The van der Waals surface area contributed by atoms with E-state index in [1.54, 1.807) is 7.11 Å². The van der Waals surface area contributed by atoms with Crippen molar-refractivity contribution < 1.29 is 13.9 Å². The highest BCUT2D eigenvalue weighted by Gasteiger charge is 2.10. The summed E-state index contributed by atoms with van der Waals surface area (Å²) in [6.07, 6.45) is 3.36. The molecule has 0 aromatic heterocycles. The van der Waals surface area contributed by atoms with E-state index in [1.165, 1.54) is 12.1 Å². The average Bonchev–Trinajstić information content (AvgIpc) is 2.47. The highest BCUT2D eigenvalue weighted by molar-refractivity contribution is 5.19. The monoisotopic (exact) mass is 283 g/mol. The van der Waals surface area contributed by atoms with Crippen LogP contribution in [-0.2, 0) is 9.47 Å². The molecule has 1 aromatic carbocycles. The van der Waals surface area contributed by atoms with Crippen molar-refractivity contribution in [2.24, 2.45) is 0 Å². The number of unbranched alkanes of at least 4 members (excludes halogenated alkanes) is 1. The SMILES string of the molecule is CCCCC(NCCOCCOC)c1ccc(F)cc1. The fourth-order valence-electron chi connectivity index (χ4n) is 2.04. The second-order valence-electron chi connectivity index (χ2n) is 4.81. The molecular formula is C16H26FNO2. The van der Waals surface area contributed by atoms with Crippen molar-refractivity contribution in [2.45, 2.75) is 32.2 Å². The predicted molar refractivity (Wildman–Crippen MR) is 79.4 cm³/mol. The molecule has 114 valence electrons. The van der Waals surface area contributed by atoms with Gasteiger partial charge in [-0.25, -0.2) is 4.39 Å². The maximum atomic E-state index is 13.0. The molecule has 0 heterocycles. The third kappa shape index (κ3) is 6.98. The lowest BCUT2D eigenvalue weighted by molar-refractivity contribution is 0.0709. The highest BCUT2D eigenvalue weighted by atomic mass is 19.1. The zero-order valence-corrected chi connectivity index (χ0v) is 12.5. The number of hydrogen-bond acceptors (Lipinski definition) is 3. The molecule has 0 aliphatic rings. The lowest BCUT2D eigenvalue weighted by Gasteiger charge is -2.19. The van der Waals surface area contributed by atoms with Gasteiger partial charge in [0.25, 0.3) is 0 Å². The molecule has 0 saturated heterocycles. The zero-order valence-electron chi connectivity index (χ0n) is 12.5. The predicted octanol–water partition coefficient (Wildman–Crippen LogP) is 3.31. The van der Waals surface area contributed by atoms with Gasteiger partial charge in [0.1, 0.15) is 5.82 Å². The Balaban J connectivity index is 2.37. The molecule has 0 spiro atoms. The number of halogens is 1. The van der Waals surface area contributed by atoms with Crippen molar-refractivity contribution >= 4 is 0 Å². The van der Waals surface area contributed by atoms with Gasteiger partial charge in [0.2, 0.25) is 0 Å². The Morgan fingerprint density at radius 2 is 1.90 bits per heavy atom. The van der Waals surface area contributed by atoms with Crippen LogP contribution in [0.3, 0.4) is 0 Å². The second-order valence-corrected chi connectivity index (χ2v) is 4.81. The van der Waals surface area contributed by atoms with E-state index in [9.17, 15) is 4.39 Å². The fraction of sp³-hybridized carbons (Fsp3) is 0.625. The normalized spacial score (nSPS) is 12.6. The van der Waals surface area contributed by atoms with Crippen LogP contribution in [0.1, 0.15) is 37.8 Å². The largest absolute Gasteiger partial charge is 0.382 e.